The van der Waals surface area contributed by atoms with Crippen molar-refractivity contribution in [3.05, 3.63) is 191 Å². The number of amides is 10. The fourth-order valence-corrected chi connectivity index (χ4v) is 18.6. The van der Waals surface area contributed by atoms with Gasteiger partial charge in [-0.25, -0.2) is 9.56 Å². The Hall–Kier alpha value is -14.4. The number of quaternary nitrogens is 1. The van der Waals surface area contributed by atoms with E-state index in [9.17, 15) is 90.3 Å². The third-order valence-corrected chi connectivity index (χ3v) is 26.9. The summed E-state index contributed by atoms with van der Waals surface area (Å²) in [6.45, 7) is 10.2. The number of nitrogens with one attached hydrogen (secondary N) is 14. The Morgan fingerprint density at radius 1 is 0.552 bits per heavy atom. The van der Waals surface area contributed by atoms with Crippen molar-refractivity contribution in [1.82, 2.24) is 68.7 Å². The van der Waals surface area contributed by atoms with E-state index in [0.717, 1.165) is 51.8 Å². The minimum Gasteiger partial charge on any atom is -0.481 e. The predicted molar refractivity (Wildman–Crippen MR) is 541 cm³/mol. The molecule has 0 saturated carbocycles. The van der Waals surface area contributed by atoms with E-state index in [0.29, 0.717) is 111 Å². The van der Waals surface area contributed by atoms with Gasteiger partial charge in [0.25, 0.3) is 10.1 Å². The molecule has 3 aromatic carbocycles. The van der Waals surface area contributed by atoms with Crippen molar-refractivity contribution in [2.24, 2.45) is 38.7 Å². The maximum atomic E-state index is 14.4. The average Bonchev–Trinajstić information content (AvgIpc) is 1.61. The lowest BCUT2D eigenvalue weighted by atomic mass is 9.81. The number of likely N-dealkylation sites (N-methyl/N-ethyl adjacent to an activating group) is 1. The smallest absolute Gasteiger partial charge is 0.327 e. The number of amidine groups is 1. The van der Waals surface area contributed by atoms with Gasteiger partial charge in [0.1, 0.15) is 60.6 Å². The van der Waals surface area contributed by atoms with Crippen LogP contribution in [0.4, 0.5) is 5.82 Å². The number of carbonyl (C=O) groups excluding carboxylic acids is 12. The number of carbonyl (C=O) groups is 14. The second-order valence-electron chi connectivity index (χ2n) is 39.0. The number of unbranched alkanes of at least 4 members (excludes halogenated alkanes) is 6. The molecule has 21 N–H and O–H groups in total. The van der Waals surface area contributed by atoms with Crippen LogP contribution in [-0.2, 0) is 102 Å². The summed E-state index contributed by atoms with van der Waals surface area (Å²) in [4.78, 5) is 202. The van der Waals surface area contributed by atoms with Gasteiger partial charge >= 0.3 is 17.8 Å². The van der Waals surface area contributed by atoms with Gasteiger partial charge in [0, 0.05) is 99.1 Å². The van der Waals surface area contributed by atoms with Crippen molar-refractivity contribution in [3.63, 3.8) is 0 Å². The summed E-state index contributed by atoms with van der Waals surface area (Å²) < 4.78 is 43.9. The number of pyridine rings is 1. The van der Waals surface area contributed by atoms with Gasteiger partial charge in [-0.15, -0.1) is 0 Å². The molecule has 0 unspecified atom stereocenters. The predicted octanol–water partition coefficient (Wildman–Crippen LogP) is 4.54. The third kappa shape index (κ3) is 35.0. The summed E-state index contributed by atoms with van der Waals surface area (Å²) in [5, 5.41) is 66.8. The number of guanidine groups is 2. The second kappa shape index (κ2) is 53.8. The van der Waals surface area contributed by atoms with Crippen LogP contribution < -0.4 is 84.6 Å². The highest BCUT2D eigenvalue weighted by Gasteiger charge is 2.45. The Morgan fingerprint density at radius 2 is 1.08 bits per heavy atom. The Labute approximate surface area is 844 Å². The molecule has 2 fully saturated rings. The second-order valence-corrected chi connectivity index (χ2v) is 40.4. The molecule has 780 valence electrons. The molecule has 6 aliphatic rings. The molecule has 10 rings (SSSR count). The Kier molecular flexibility index (Phi) is 41.7. The van der Waals surface area contributed by atoms with Gasteiger partial charge in [0.2, 0.25) is 59.1 Å². The minimum absolute atomic E-state index is 0.0140. The highest BCUT2D eigenvalue weighted by molar-refractivity contribution is 7.85. The number of benzene rings is 3. The van der Waals surface area contributed by atoms with Crippen LogP contribution in [0.15, 0.2) is 189 Å². The first-order chi connectivity index (χ1) is 69.0. The number of nitrogens with zero attached hydrogens (tertiary/aromatic N) is 5. The number of ketones is 2. The summed E-state index contributed by atoms with van der Waals surface area (Å²) in [5.74, 6) is -11.4. The molecule has 0 aliphatic carbocycles. The van der Waals surface area contributed by atoms with Crippen molar-refractivity contribution in [2.75, 3.05) is 73.0 Å². The molecule has 0 spiro atoms. The van der Waals surface area contributed by atoms with Crippen LogP contribution in [0.5, 0.6) is 5.75 Å². The molecule has 42 heteroatoms. The summed E-state index contributed by atoms with van der Waals surface area (Å²) in [5.41, 5.74) is 16.4. The summed E-state index contributed by atoms with van der Waals surface area (Å²) in [6.07, 6.45) is 19.9. The Morgan fingerprint density at radius 3 is 1.66 bits per heavy atom. The number of ether oxygens (including phenoxy) is 1. The van der Waals surface area contributed by atoms with E-state index in [1.807, 2.05) is 48.8 Å². The molecule has 0 radical (unpaired) electrons. The molecule has 8 atom stereocenters. The fraction of sp³-hybridized carbons (Fsp3) is 0.485. The highest BCUT2D eigenvalue weighted by Crippen LogP contribution is 2.45. The molecule has 7 heterocycles. The number of Topliss-reactive ketones (excluding diaryl/α,β-unsaturated/α-hetero) is 2. The zero-order valence-corrected chi connectivity index (χ0v) is 83.9. The molecule has 10 amide bonds. The number of aromatic nitrogens is 1. The van der Waals surface area contributed by atoms with E-state index >= 15 is 0 Å². The molecule has 4 aromatic rings. The fourth-order valence-electron chi connectivity index (χ4n) is 18.1. The third-order valence-electron chi connectivity index (χ3n) is 26.1. The van der Waals surface area contributed by atoms with Crippen molar-refractivity contribution in [2.45, 2.75) is 235 Å². The zero-order valence-electron chi connectivity index (χ0n) is 83.1. The highest BCUT2D eigenvalue weighted by atomic mass is 32.2. The first kappa shape index (κ1) is 113. The number of aliphatic carboxylic acids is 2. The van der Waals surface area contributed by atoms with E-state index in [2.05, 4.69) is 127 Å². The van der Waals surface area contributed by atoms with Gasteiger partial charge in [-0.05, 0) is 199 Å². The molecular weight excluding hydrogens is 1880 g/mol. The molecule has 1 aromatic heterocycles. The largest absolute Gasteiger partial charge is 0.481 e. The van der Waals surface area contributed by atoms with Gasteiger partial charge in [-0.3, -0.25) is 82.5 Å². The number of aliphatic imine (C=N–C) groups is 2. The van der Waals surface area contributed by atoms with Crippen molar-refractivity contribution >= 4 is 122 Å². The number of rotatable bonds is 44. The van der Waals surface area contributed by atoms with Gasteiger partial charge < -0.3 is 99.6 Å². The monoisotopic (exact) mass is 2020 g/mol. The summed E-state index contributed by atoms with van der Waals surface area (Å²) in [6, 6.07) is 19.2. The SMILES string of the molecule is CC1(C)C2=CC=CN(CCCCCC(=O)NCCCC[C@@H]3NC(=O)[C@@H](Cc4ccccc4)NC(=O)[C@H](CC(=O)O)CC(=O)CNC(=O)[C@H](CCCNC(=N)N)NC3=O)C2=N/C1=C/C=C1\C[N+](C)(C)CC(/C=C/C2=Nc3c(ccc[n+]3CCCCCC(=O)NCCCC[C@H]3NC(=O)[C@H](Cc4ccccc4)CC(=O)[C@@H](CC(=O)O)NC(=O)CNC(=O)[C@@H](CCCNC(=N)N)NC3=O)C2(C)C)=C1Oc1ccc(S(=O)(=O)O)cc1. The maximum Gasteiger partial charge on any atom is 0.327 e. The van der Waals surface area contributed by atoms with E-state index < -0.39 is 179 Å². The topological polar surface area (TPSA) is 619 Å². The number of nitrogens with two attached hydrogens (primary N) is 2. The summed E-state index contributed by atoms with van der Waals surface area (Å²) >= 11 is 0. The van der Waals surface area contributed by atoms with Crippen molar-refractivity contribution in [1.29, 1.82) is 10.8 Å². The van der Waals surface area contributed by atoms with Crippen LogP contribution in [0, 0.1) is 28.1 Å². The summed E-state index contributed by atoms with van der Waals surface area (Å²) in [7, 11) is -0.298. The number of carboxylic acids is 2. The van der Waals surface area contributed by atoms with E-state index in [-0.39, 0.29) is 119 Å². The number of hydrogen-bond acceptors (Lipinski definition) is 22. The number of allylic oxidation sites excluding steroid dienone is 6. The number of carboxylic acid groups (broad SMARTS) is 2. The van der Waals surface area contributed by atoms with Gasteiger partial charge in [0.15, 0.2) is 29.2 Å². The molecule has 2 saturated heterocycles. The van der Waals surface area contributed by atoms with Gasteiger partial charge in [-0.1, -0.05) is 87.0 Å². The standard InChI is InChI=1S/C103H137N21O20S/c1-102(2)74-31-25-53-122(51-21-9-15-37-85(127)108-47-19-17-33-78-97(138)117-77(36-24-50-111-101(106)107)96(137)113-62-87(129)114-80(60-89(132)133)82(126)58-69(93(134)115-78)55-65-27-11-7-12-28-65)91(74)120-83(102)45-39-67-63-124(5,6)64-68(90(67)144-72-41-43-73(44-42-72)145(141,142)143)40-46-84-103(3,4)75-32-26-54-123(92(75)121-84)52-22-10-16-38-86(128)109-48-20-18-34-79-98(139)116-76(35-23-49-110-100(104)105)95(136)112-61-71(125)57-70(59-88(130)131)94(135)119-81(99(140)118-79)56-66-29-13-8-14-30-66/h7-8,11-14,25-32,39-46,53-54,69-70,76-81H,9-10,15-24,33-38,47-52,55-64H2,1-6H3,(H19-2,104,105,106,107,108,109,110,111,112,113,114,115,116,117,118,119,127,128,129,130,131,132,133,134,135,136,137,138,139,140,141,142,143)/p+2/t69-,70+,76+,77-,78-,79+,80-,81-/m1/s1. The quantitative estimate of drug-likeness (QED) is 0.00721. The Balaban J connectivity index is 0.748. The lowest BCUT2D eigenvalue weighted by Crippen LogP contribution is -2.57. The molecule has 145 heavy (non-hydrogen) atoms. The maximum absolute atomic E-state index is 14.4. The molecule has 41 nitrogen and oxygen atoms in total. The van der Waals surface area contributed by atoms with Crippen LogP contribution in [0.1, 0.15) is 186 Å². The Bertz CT molecular complexity index is 5790. The van der Waals surface area contributed by atoms with Crippen LogP contribution in [0.25, 0.3) is 0 Å². The lowest BCUT2D eigenvalue weighted by Gasteiger charge is -2.36. The van der Waals surface area contributed by atoms with Crippen LogP contribution in [-0.4, -0.2) is 248 Å². The lowest BCUT2D eigenvalue weighted by molar-refractivity contribution is -0.882. The van der Waals surface area contributed by atoms with E-state index in [4.69, 9.17) is 37.0 Å². The van der Waals surface area contributed by atoms with Crippen LogP contribution >= 0.6 is 0 Å². The molecule has 0 bridgehead atoms. The first-order valence-electron chi connectivity index (χ1n) is 49.4. The van der Waals surface area contributed by atoms with E-state index in [1.165, 1.54) is 24.3 Å². The number of hydrogen-bond donors (Lipinski definition) is 19. The van der Waals surface area contributed by atoms with Crippen LogP contribution in [0.2, 0.25) is 0 Å². The van der Waals surface area contributed by atoms with Crippen molar-refractivity contribution < 1.29 is 104 Å². The molecule has 6 aliphatic heterocycles. The van der Waals surface area contributed by atoms with Gasteiger partial charge in [-0.2, -0.15) is 8.42 Å². The van der Waals surface area contributed by atoms with Gasteiger partial charge in [0.05, 0.1) is 86.3 Å². The normalized spacial score (nSPS) is 21.7. The minimum atomic E-state index is -4.53. The number of aryl methyl sites for hydroxylation is 1. The van der Waals surface area contributed by atoms with Crippen molar-refractivity contribution in [3.8, 4) is 5.75 Å². The zero-order chi connectivity index (χ0) is 105. The molecular formula is C103H139N21O20S+2. The van der Waals surface area contributed by atoms with E-state index in [1.54, 1.807) is 60.7 Å². The van der Waals surface area contributed by atoms with Crippen LogP contribution in [0.3, 0.4) is 0 Å². The average molecular weight is 2020 g/mol. The number of fused-ring (bicyclic) bond motifs is 2. The first-order valence-corrected chi connectivity index (χ1v) is 50.8.